The summed E-state index contributed by atoms with van der Waals surface area (Å²) in [6, 6.07) is -0.167. The normalized spacial score (nSPS) is 15.1. The summed E-state index contributed by atoms with van der Waals surface area (Å²) in [7, 11) is 0. The fourth-order valence-electron chi connectivity index (χ4n) is 1.84. The zero-order valence-corrected chi connectivity index (χ0v) is 11.8. The fraction of sp³-hybridized carbons (Fsp3) is 0.583. The number of morpholine rings is 1. The van der Waals surface area contributed by atoms with Gasteiger partial charge in [0.25, 0.3) is 0 Å². The number of carboxylic acids is 1. The molecular formula is C12H17N3O4S. The Morgan fingerprint density at radius 3 is 2.90 bits per heavy atom. The van der Waals surface area contributed by atoms with Crippen molar-refractivity contribution in [2.24, 2.45) is 0 Å². The molecule has 0 radical (unpaired) electrons. The molecule has 0 spiro atoms. The van der Waals surface area contributed by atoms with Gasteiger partial charge in [0.1, 0.15) is 0 Å². The lowest BCUT2D eigenvalue weighted by molar-refractivity contribution is -0.137. The standard InChI is InChI=1S/C12H17N3O4S/c16-10(17)3-1-2-9-8-20-11(13-9)14-12(18)15-4-6-19-7-5-15/h8H,1-7H2,(H,16,17)(H,13,14,18). The number of nitrogens with zero attached hydrogens (tertiary/aromatic N) is 2. The third-order valence-electron chi connectivity index (χ3n) is 2.89. The molecule has 20 heavy (non-hydrogen) atoms. The van der Waals surface area contributed by atoms with Gasteiger partial charge >= 0.3 is 12.0 Å². The second-order valence-corrected chi connectivity index (χ2v) is 5.28. The molecule has 2 rings (SSSR count). The number of amides is 2. The van der Waals surface area contributed by atoms with E-state index in [2.05, 4.69) is 10.3 Å². The van der Waals surface area contributed by atoms with Crippen LogP contribution in [0, 0.1) is 0 Å². The Morgan fingerprint density at radius 2 is 2.20 bits per heavy atom. The summed E-state index contributed by atoms with van der Waals surface area (Å²) in [5.41, 5.74) is 0.813. The van der Waals surface area contributed by atoms with Crippen molar-refractivity contribution in [1.82, 2.24) is 9.88 Å². The molecule has 1 aliphatic rings. The summed E-state index contributed by atoms with van der Waals surface area (Å²) < 4.78 is 5.19. The van der Waals surface area contributed by atoms with Gasteiger partial charge in [-0.05, 0) is 12.8 Å². The zero-order chi connectivity index (χ0) is 14.4. The number of carbonyl (C=O) groups is 2. The number of ether oxygens (including phenoxy) is 1. The highest BCUT2D eigenvalue weighted by atomic mass is 32.1. The number of urea groups is 1. The molecule has 0 unspecified atom stereocenters. The SMILES string of the molecule is O=C(O)CCCc1csc(NC(=O)N2CCOCC2)n1. The third kappa shape index (κ3) is 4.46. The number of hydrogen-bond donors (Lipinski definition) is 2. The number of aromatic nitrogens is 1. The maximum absolute atomic E-state index is 11.9. The zero-order valence-electron chi connectivity index (χ0n) is 11.0. The molecule has 1 fully saturated rings. The summed E-state index contributed by atoms with van der Waals surface area (Å²) in [6.07, 6.45) is 1.29. The van der Waals surface area contributed by atoms with Gasteiger partial charge in [0.15, 0.2) is 5.13 Å². The molecule has 0 bridgehead atoms. The van der Waals surface area contributed by atoms with Crippen LogP contribution in [0.1, 0.15) is 18.5 Å². The monoisotopic (exact) mass is 299 g/mol. The maximum Gasteiger partial charge on any atom is 0.323 e. The van der Waals surface area contributed by atoms with Crippen molar-refractivity contribution in [2.75, 3.05) is 31.6 Å². The smallest absolute Gasteiger partial charge is 0.323 e. The van der Waals surface area contributed by atoms with Crippen LogP contribution in [-0.2, 0) is 16.0 Å². The minimum Gasteiger partial charge on any atom is -0.481 e. The van der Waals surface area contributed by atoms with Crippen molar-refractivity contribution >= 4 is 28.5 Å². The van der Waals surface area contributed by atoms with E-state index in [9.17, 15) is 9.59 Å². The number of hydrogen-bond acceptors (Lipinski definition) is 5. The van der Waals surface area contributed by atoms with Gasteiger partial charge in [-0.3, -0.25) is 10.1 Å². The molecule has 1 aromatic rings. The van der Waals surface area contributed by atoms with Gasteiger partial charge in [-0.1, -0.05) is 0 Å². The Labute approximate surface area is 120 Å². The van der Waals surface area contributed by atoms with E-state index in [-0.39, 0.29) is 12.5 Å². The topological polar surface area (TPSA) is 91.8 Å². The third-order valence-corrected chi connectivity index (χ3v) is 3.69. The fourth-order valence-corrected chi connectivity index (χ4v) is 2.57. The number of aliphatic carboxylic acids is 1. The van der Waals surface area contributed by atoms with Crippen LogP contribution >= 0.6 is 11.3 Å². The van der Waals surface area contributed by atoms with Gasteiger partial charge in [0.2, 0.25) is 0 Å². The van der Waals surface area contributed by atoms with Crippen molar-refractivity contribution < 1.29 is 19.4 Å². The van der Waals surface area contributed by atoms with Crippen LogP contribution in [0.15, 0.2) is 5.38 Å². The molecule has 2 heterocycles. The largest absolute Gasteiger partial charge is 0.481 e. The van der Waals surface area contributed by atoms with Crippen molar-refractivity contribution in [3.63, 3.8) is 0 Å². The molecule has 2 amide bonds. The molecule has 1 aromatic heterocycles. The predicted octanol–water partition coefficient (Wildman–Crippen LogP) is 1.41. The van der Waals surface area contributed by atoms with E-state index in [1.54, 1.807) is 4.90 Å². The molecule has 0 atom stereocenters. The first kappa shape index (κ1) is 14.7. The number of anilines is 1. The lowest BCUT2D eigenvalue weighted by Gasteiger charge is -2.26. The predicted molar refractivity (Wildman–Crippen MR) is 74.1 cm³/mol. The molecule has 0 saturated carbocycles. The Hall–Kier alpha value is -1.67. The van der Waals surface area contributed by atoms with E-state index in [0.717, 1.165) is 5.69 Å². The average Bonchev–Trinajstić information content (AvgIpc) is 2.87. The van der Waals surface area contributed by atoms with Crippen LogP contribution in [0.3, 0.4) is 0 Å². The van der Waals surface area contributed by atoms with Gasteiger partial charge in [0.05, 0.1) is 18.9 Å². The van der Waals surface area contributed by atoms with Crippen molar-refractivity contribution in [3.05, 3.63) is 11.1 Å². The average molecular weight is 299 g/mol. The van der Waals surface area contributed by atoms with Gasteiger partial charge in [-0.2, -0.15) is 0 Å². The first-order chi connectivity index (χ1) is 9.65. The van der Waals surface area contributed by atoms with Gasteiger partial charge in [-0.25, -0.2) is 9.78 Å². The number of carboxylic acid groups (broad SMARTS) is 1. The highest BCUT2D eigenvalue weighted by Gasteiger charge is 2.17. The van der Waals surface area contributed by atoms with Crippen LogP contribution < -0.4 is 5.32 Å². The second-order valence-electron chi connectivity index (χ2n) is 4.42. The highest BCUT2D eigenvalue weighted by molar-refractivity contribution is 7.13. The van der Waals surface area contributed by atoms with Crippen LogP contribution in [0.2, 0.25) is 0 Å². The van der Waals surface area contributed by atoms with E-state index >= 15 is 0 Å². The van der Waals surface area contributed by atoms with Crippen molar-refractivity contribution in [2.45, 2.75) is 19.3 Å². The van der Waals surface area contributed by atoms with E-state index in [4.69, 9.17) is 9.84 Å². The molecule has 2 N–H and O–H groups in total. The molecule has 1 aliphatic heterocycles. The van der Waals surface area contributed by atoms with Crippen LogP contribution in [-0.4, -0.2) is 53.3 Å². The summed E-state index contributed by atoms with van der Waals surface area (Å²) in [6.45, 7) is 2.29. The maximum atomic E-state index is 11.9. The first-order valence-electron chi connectivity index (χ1n) is 6.45. The Morgan fingerprint density at radius 1 is 1.45 bits per heavy atom. The quantitative estimate of drug-likeness (QED) is 0.857. The number of aryl methyl sites for hydroxylation is 1. The summed E-state index contributed by atoms with van der Waals surface area (Å²) in [4.78, 5) is 28.3. The van der Waals surface area contributed by atoms with E-state index in [1.807, 2.05) is 5.38 Å². The van der Waals surface area contributed by atoms with Gasteiger partial charge in [0, 0.05) is 24.9 Å². The number of carbonyl (C=O) groups excluding carboxylic acids is 1. The molecule has 110 valence electrons. The van der Waals surface area contributed by atoms with Gasteiger partial charge in [-0.15, -0.1) is 11.3 Å². The summed E-state index contributed by atoms with van der Waals surface area (Å²) in [5, 5.41) is 13.7. The number of nitrogens with one attached hydrogen (secondary N) is 1. The van der Waals surface area contributed by atoms with Crippen LogP contribution in [0.5, 0.6) is 0 Å². The van der Waals surface area contributed by atoms with Crippen molar-refractivity contribution in [1.29, 1.82) is 0 Å². The first-order valence-corrected chi connectivity index (χ1v) is 7.33. The number of thiazole rings is 1. The van der Waals surface area contributed by atoms with E-state index in [0.29, 0.717) is 44.3 Å². The number of rotatable bonds is 5. The lowest BCUT2D eigenvalue weighted by atomic mass is 10.2. The van der Waals surface area contributed by atoms with Gasteiger partial charge < -0.3 is 14.7 Å². The summed E-state index contributed by atoms with van der Waals surface area (Å²) >= 11 is 1.35. The Bertz CT molecular complexity index is 471. The summed E-state index contributed by atoms with van der Waals surface area (Å²) in [5.74, 6) is -0.805. The molecule has 8 heteroatoms. The lowest BCUT2D eigenvalue weighted by Crippen LogP contribution is -2.43. The molecule has 0 aromatic carbocycles. The Balaban J connectivity index is 1.79. The Kier molecular flexibility index (Phi) is 5.31. The highest BCUT2D eigenvalue weighted by Crippen LogP contribution is 2.17. The second kappa shape index (κ2) is 7.20. The minimum absolute atomic E-state index is 0.132. The minimum atomic E-state index is -0.805. The molecular weight excluding hydrogens is 282 g/mol. The van der Waals surface area contributed by atoms with E-state index in [1.165, 1.54) is 11.3 Å². The van der Waals surface area contributed by atoms with E-state index < -0.39 is 5.97 Å². The molecule has 0 aliphatic carbocycles. The molecule has 7 nitrogen and oxygen atoms in total. The van der Waals surface area contributed by atoms with Crippen LogP contribution in [0.4, 0.5) is 9.93 Å². The van der Waals surface area contributed by atoms with Crippen molar-refractivity contribution in [3.8, 4) is 0 Å². The molecule has 1 saturated heterocycles. The van der Waals surface area contributed by atoms with Crippen LogP contribution in [0.25, 0.3) is 0 Å².